The molecule has 1 amide bonds. The van der Waals surface area contributed by atoms with Crippen molar-refractivity contribution in [2.24, 2.45) is 29.4 Å². The molecule has 4 heteroatoms. The molecule has 2 N–H and O–H groups in total. The third kappa shape index (κ3) is 1.80. The van der Waals surface area contributed by atoms with E-state index in [9.17, 15) is 9.59 Å². The summed E-state index contributed by atoms with van der Waals surface area (Å²) in [4.78, 5) is 21.6. The van der Waals surface area contributed by atoms with Gasteiger partial charge in [-0.1, -0.05) is 6.92 Å². The van der Waals surface area contributed by atoms with Gasteiger partial charge in [-0.2, -0.15) is 11.8 Å². The van der Waals surface area contributed by atoms with Crippen molar-refractivity contribution in [1.29, 1.82) is 0 Å². The minimum atomic E-state index is -0.131. The SMILES string of the molecule is CC1C2CC(CC2SCC=O)C1C(N)=O. The first-order valence-electron chi connectivity index (χ1n) is 5.49. The minimum absolute atomic E-state index is 0.0862. The zero-order chi connectivity index (χ0) is 11.0. The van der Waals surface area contributed by atoms with E-state index in [0.29, 0.717) is 28.8 Å². The number of thioether (sulfide) groups is 1. The van der Waals surface area contributed by atoms with Crippen LogP contribution in [0.3, 0.4) is 0 Å². The lowest BCUT2D eigenvalue weighted by Crippen LogP contribution is -2.36. The number of fused-ring (bicyclic) bond motifs is 2. The molecule has 84 valence electrons. The summed E-state index contributed by atoms with van der Waals surface area (Å²) in [5.74, 6) is 2.02. The molecule has 5 atom stereocenters. The van der Waals surface area contributed by atoms with Crippen LogP contribution in [-0.2, 0) is 9.59 Å². The maximum absolute atomic E-state index is 11.3. The van der Waals surface area contributed by atoms with Crippen molar-refractivity contribution in [1.82, 2.24) is 0 Å². The maximum atomic E-state index is 11.3. The molecule has 3 nitrogen and oxygen atoms in total. The Morgan fingerprint density at radius 1 is 1.53 bits per heavy atom. The van der Waals surface area contributed by atoms with Gasteiger partial charge in [-0.3, -0.25) is 4.79 Å². The van der Waals surface area contributed by atoms with Crippen molar-refractivity contribution < 1.29 is 9.59 Å². The van der Waals surface area contributed by atoms with Crippen LogP contribution in [0.4, 0.5) is 0 Å². The number of aldehydes is 1. The Bertz CT molecular complexity index is 280. The molecule has 2 aliphatic rings. The molecule has 2 saturated carbocycles. The van der Waals surface area contributed by atoms with Gasteiger partial charge in [0, 0.05) is 16.9 Å². The maximum Gasteiger partial charge on any atom is 0.221 e. The molecule has 0 saturated heterocycles. The van der Waals surface area contributed by atoms with Crippen molar-refractivity contribution in [3.05, 3.63) is 0 Å². The molecule has 2 bridgehead atoms. The van der Waals surface area contributed by atoms with E-state index in [-0.39, 0.29) is 11.8 Å². The molecule has 0 aliphatic heterocycles. The van der Waals surface area contributed by atoms with Crippen molar-refractivity contribution >= 4 is 24.0 Å². The van der Waals surface area contributed by atoms with Gasteiger partial charge in [-0.25, -0.2) is 0 Å². The molecule has 15 heavy (non-hydrogen) atoms. The zero-order valence-corrected chi connectivity index (χ0v) is 9.70. The van der Waals surface area contributed by atoms with E-state index in [1.807, 2.05) is 0 Å². The number of primary amides is 1. The predicted molar refractivity (Wildman–Crippen MR) is 60.4 cm³/mol. The topological polar surface area (TPSA) is 60.2 Å². The summed E-state index contributed by atoms with van der Waals surface area (Å²) in [6.45, 7) is 2.13. The van der Waals surface area contributed by atoms with Crippen LogP contribution < -0.4 is 5.73 Å². The number of hydrogen-bond acceptors (Lipinski definition) is 3. The van der Waals surface area contributed by atoms with Crippen LogP contribution >= 0.6 is 11.8 Å². The number of carbonyl (C=O) groups is 2. The first-order valence-corrected chi connectivity index (χ1v) is 6.54. The highest BCUT2D eigenvalue weighted by Gasteiger charge is 2.52. The Kier molecular flexibility index (Phi) is 3.05. The lowest BCUT2D eigenvalue weighted by atomic mass is 9.80. The third-order valence-electron chi connectivity index (χ3n) is 4.04. The van der Waals surface area contributed by atoms with Crippen LogP contribution in [0.2, 0.25) is 0 Å². The molecule has 2 rings (SSSR count). The fourth-order valence-electron chi connectivity index (χ4n) is 3.46. The number of hydrogen-bond donors (Lipinski definition) is 1. The van der Waals surface area contributed by atoms with Crippen LogP contribution in [0, 0.1) is 23.7 Å². The van der Waals surface area contributed by atoms with Crippen molar-refractivity contribution in [2.45, 2.75) is 25.0 Å². The van der Waals surface area contributed by atoms with Gasteiger partial charge in [0.1, 0.15) is 6.29 Å². The number of nitrogens with two attached hydrogens (primary N) is 1. The second kappa shape index (κ2) is 4.16. The Labute approximate surface area is 94.2 Å². The van der Waals surface area contributed by atoms with E-state index < -0.39 is 0 Å². The van der Waals surface area contributed by atoms with Crippen molar-refractivity contribution in [2.75, 3.05) is 5.75 Å². The molecule has 0 aromatic heterocycles. The van der Waals surface area contributed by atoms with E-state index in [2.05, 4.69) is 6.92 Å². The predicted octanol–water partition coefficient (Wildman–Crippen LogP) is 1.06. The summed E-state index contributed by atoms with van der Waals surface area (Å²) >= 11 is 1.74. The molecule has 0 aromatic carbocycles. The largest absolute Gasteiger partial charge is 0.369 e. The Morgan fingerprint density at radius 3 is 2.80 bits per heavy atom. The van der Waals surface area contributed by atoms with Crippen molar-refractivity contribution in [3.8, 4) is 0 Å². The standard InChI is InChI=1S/C11H17NO2S/c1-6-8-4-7(10(6)11(12)14)5-9(8)15-3-2-13/h2,6-10H,3-5H2,1H3,(H2,12,14). The van der Waals surface area contributed by atoms with Gasteiger partial charge < -0.3 is 10.5 Å². The zero-order valence-electron chi connectivity index (χ0n) is 8.89. The minimum Gasteiger partial charge on any atom is -0.369 e. The molecule has 0 spiro atoms. The van der Waals surface area contributed by atoms with Gasteiger partial charge in [0.25, 0.3) is 0 Å². The average molecular weight is 227 g/mol. The highest BCUT2D eigenvalue weighted by Crippen LogP contribution is 2.55. The first kappa shape index (κ1) is 11.0. The van der Waals surface area contributed by atoms with Crippen LogP contribution in [0.15, 0.2) is 0 Å². The molecule has 0 aromatic rings. The lowest BCUT2D eigenvalue weighted by Gasteiger charge is -2.31. The van der Waals surface area contributed by atoms with Crippen LogP contribution in [-0.4, -0.2) is 23.2 Å². The number of rotatable bonds is 4. The summed E-state index contributed by atoms with van der Waals surface area (Å²) in [5, 5.41) is 0.575. The van der Waals surface area contributed by atoms with Crippen molar-refractivity contribution in [3.63, 3.8) is 0 Å². The van der Waals surface area contributed by atoms with E-state index in [1.54, 1.807) is 11.8 Å². The van der Waals surface area contributed by atoms with Gasteiger partial charge in [0.15, 0.2) is 0 Å². The second-order valence-electron chi connectivity index (χ2n) is 4.72. The Morgan fingerprint density at radius 2 is 2.27 bits per heavy atom. The van der Waals surface area contributed by atoms with Crippen LogP contribution in [0.5, 0.6) is 0 Å². The third-order valence-corrected chi connectivity index (χ3v) is 5.34. The molecule has 0 heterocycles. The molecular formula is C11H17NO2S. The molecule has 5 unspecified atom stereocenters. The normalized spacial score (nSPS) is 43.1. The highest BCUT2D eigenvalue weighted by molar-refractivity contribution is 8.00. The Balaban J connectivity index is 2.00. The molecular weight excluding hydrogens is 210 g/mol. The summed E-state index contributed by atoms with van der Waals surface area (Å²) in [6, 6.07) is 0. The van der Waals surface area contributed by atoms with Gasteiger partial charge in [-0.05, 0) is 30.6 Å². The summed E-state index contributed by atoms with van der Waals surface area (Å²) in [6.07, 6.45) is 3.17. The smallest absolute Gasteiger partial charge is 0.221 e. The van der Waals surface area contributed by atoms with E-state index in [1.165, 1.54) is 0 Å². The summed E-state index contributed by atoms with van der Waals surface area (Å²) in [7, 11) is 0. The summed E-state index contributed by atoms with van der Waals surface area (Å²) < 4.78 is 0. The second-order valence-corrected chi connectivity index (χ2v) is 5.99. The first-order chi connectivity index (χ1) is 7.15. The fraction of sp³-hybridized carbons (Fsp3) is 0.818. The number of amides is 1. The quantitative estimate of drug-likeness (QED) is 0.731. The average Bonchev–Trinajstić information content (AvgIpc) is 2.70. The van der Waals surface area contributed by atoms with E-state index in [4.69, 9.17) is 5.73 Å². The monoisotopic (exact) mass is 227 g/mol. The van der Waals surface area contributed by atoms with Gasteiger partial charge >= 0.3 is 0 Å². The van der Waals surface area contributed by atoms with Crippen LogP contribution in [0.1, 0.15) is 19.8 Å². The van der Waals surface area contributed by atoms with Crippen LogP contribution in [0.25, 0.3) is 0 Å². The Hall–Kier alpha value is -0.510. The van der Waals surface area contributed by atoms with E-state index in [0.717, 1.165) is 19.1 Å². The van der Waals surface area contributed by atoms with E-state index >= 15 is 0 Å². The molecule has 0 radical (unpaired) electrons. The lowest BCUT2D eigenvalue weighted by molar-refractivity contribution is -0.124. The van der Waals surface area contributed by atoms with Gasteiger partial charge in [0.2, 0.25) is 5.91 Å². The molecule has 2 aliphatic carbocycles. The fourth-order valence-corrected chi connectivity index (χ4v) is 4.77. The number of carbonyl (C=O) groups excluding carboxylic acids is 2. The highest BCUT2D eigenvalue weighted by atomic mass is 32.2. The summed E-state index contributed by atoms with van der Waals surface area (Å²) in [5.41, 5.74) is 5.42. The van der Waals surface area contributed by atoms with Gasteiger partial charge in [-0.15, -0.1) is 0 Å². The molecule has 2 fully saturated rings. The van der Waals surface area contributed by atoms with Gasteiger partial charge in [0.05, 0.1) is 0 Å².